The topological polar surface area (TPSA) is 17.8 Å². The van der Waals surface area contributed by atoms with Gasteiger partial charge < -0.3 is 4.57 Å². The zero-order chi connectivity index (χ0) is 15.6. The molecule has 0 aliphatic heterocycles. The molecule has 3 aromatic rings. The van der Waals surface area contributed by atoms with Gasteiger partial charge in [0.1, 0.15) is 5.82 Å². The van der Waals surface area contributed by atoms with E-state index in [0.29, 0.717) is 5.92 Å². The van der Waals surface area contributed by atoms with Crippen molar-refractivity contribution in [2.75, 3.05) is 0 Å². The fourth-order valence-corrected chi connectivity index (χ4v) is 3.90. The normalized spacial score (nSPS) is 17.4. The first-order valence-corrected chi connectivity index (χ1v) is 8.70. The first-order valence-electron chi connectivity index (χ1n) is 8.70. The lowest BCUT2D eigenvalue weighted by Crippen LogP contribution is -2.20. The largest absolute Gasteiger partial charge is 0.321 e. The monoisotopic (exact) mass is 303 g/mol. The Labute approximate surface area is 138 Å². The van der Waals surface area contributed by atoms with Crippen LogP contribution in [0.4, 0.5) is 0 Å². The van der Waals surface area contributed by atoms with Crippen LogP contribution in [0.15, 0.2) is 54.6 Å². The van der Waals surface area contributed by atoms with Crippen LogP contribution in [0.3, 0.4) is 0 Å². The van der Waals surface area contributed by atoms with Gasteiger partial charge in [0, 0.05) is 11.6 Å². The second kappa shape index (κ2) is 6.19. The second-order valence-electron chi connectivity index (χ2n) is 6.63. The average Bonchev–Trinajstić information content (AvgIpc) is 3.02. The van der Waals surface area contributed by atoms with Crippen LogP contribution in [-0.4, -0.2) is 9.55 Å². The average molecular weight is 303 g/mol. The summed E-state index contributed by atoms with van der Waals surface area (Å²) in [5, 5.41) is 0. The maximum Gasteiger partial charge on any atom is 0.141 e. The van der Waals surface area contributed by atoms with Gasteiger partial charge in [0.25, 0.3) is 0 Å². The number of para-hydroxylation sites is 2. The van der Waals surface area contributed by atoms with Gasteiger partial charge in [-0.15, -0.1) is 0 Å². The highest BCUT2D eigenvalue weighted by molar-refractivity contribution is 5.80. The fourth-order valence-electron chi connectivity index (χ4n) is 3.90. The minimum absolute atomic E-state index is 0.248. The highest BCUT2D eigenvalue weighted by Gasteiger charge is 2.25. The van der Waals surface area contributed by atoms with Crippen LogP contribution >= 0.6 is 0 Å². The van der Waals surface area contributed by atoms with E-state index in [0.717, 1.165) is 11.3 Å². The van der Waals surface area contributed by atoms with Crippen LogP contribution < -0.4 is 0 Å². The molecule has 1 saturated carbocycles. The van der Waals surface area contributed by atoms with Crippen molar-refractivity contribution >= 4 is 11.0 Å². The summed E-state index contributed by atoms with van der Waals surface area (Å²) < 4.78 is 2.38. The van der Waals surface area contributed by atoms with Gasteiger partial charge in [-0.2, -0.15) is 0 Å². The number of benzene rings is 2. The van der Waals surface area contributed by atoms with Gasteiger partial charge in [-0.25, -0.2) is 4.98 Å². The Morgan fingerprint density at radius 2 is 1.61 bits per heavy atom. The quantitative estimate of drug-likeness (QED) is 0.610. The van der Waals surface area contributed by atoms with Crippen molar-refractivity contribution in [2.45, 2.75) is 38.1 Å². The molecule has 4 rings (SSSR count). The minimum Gasteiger partial charge on any atom is -0.321 e. The molecular weight excluding hydrogens is 280 g/mol. The Bertz CT molecular complexity index is 782. The summed E-state index contributed by atoms with van der Waals surface area (Å²) in [6, 6.07) is 19.2. The van der Waals surface area contributed by atoms with E-state index in [1.165, 1.54) is 43.2 Å². The molecule has 0 N–H and O–H groups in total. The van der Waals surface area contributed by atoms with Crippen LogP contribution in [0.1, 0.15) is 38.1 Å². The smallest absolute Gasteiger partial charge is 0.141 e. The van der Waals surface area contributed by atoms with Crippen LogP contribution in [0, 0.1) is 12.8 Å². The van der Waals surface area contributed by atoms with E-state index in [2.05, 4.69) is 66.1 Å². The van der Waals surface area contributed by atoms with Gasteiger partial charge in [-0.3, -0.25) is 0 Å². The Morgan fingerprint density at radius 1 is 0.913 bits per heavy atom. The van der Waals surface area contributed by atoms with Gasteiger partial charge in [-0.05, 0) is 37.8 Å². The van der Waals surface area contributed by atoms with Gasteiger partial charge in [0.05, 0.1) is 11.0 Å². The third-order valence-corrected chi connectivity index (χ3v) is 5.15. The molecule has 117 valence electrons. The molecule has 1 radical (unpaired) electrons. The first kappa shape index (κ1) is 14.5. The minimum atomic E-state index is 0.248. The van der Waals surface area contributed by atoms with Gasteiger partial charge in [-0.1, -0.05) is 61.7 Å². The summed E-state index contributed by atoms with van der Waals surface area (Å²) in [7, 11) is 0. The molecule has 0 saturated heterocycles. The van der Waals surface area contributed by atoms with Gasteiger partial charge in [0.15, 0.2) is 0 Å². The predicted octanol–water partition coefficient (Wildman–Crippen LogP) is 5.66. The van der Waals surface area contributed by atoms with E-state index in [1.807, 2.05) is 0 Å². The zero-order valence-electron chi connectivity index (χ0n) is 13.5. The molecule has 1 aromatic heterocycles. The van der Waals surface area contributed by atoms with Crippen molar-refractivity contribution in [1.82, 2.24) is 9.55 Å². The number of imidazole rings is 1. The lowest BCUT2D eigenvalue weighted by atomic mass is 9.84. The summed E-state index contributed by atoms with van der Waals surface area (Å²) in [5.41, 5.74) is 3.45. The Balaban J connectivity index is 1.85. The van der Waals surface area contributed by atoms with Crippen molar-refractivity contribution in [3.05, 3.63) is 61.5 Å². The summed E-state index contributed by atoms with van der Waals surface area (Å²) in [6.45, 7) is 4.56. The standard InChI is InChI=1S/C21H23N2/c1-16(17-10-4-2-5-11-17)23-20-15-9-8-14-19(20)22-21(23)18-12-6-3-7-13-18/h3,6-9,12-17H,1-2,4-5,10-11H2. The van der Waals surface area contributed by atoms with Crippen molar-refractivity contribution in [2.24, 2.45) is 5.92 Å². The summed E-state index contributed by atoms with van der Waals surface area (Å²) >= 11 is 0. The number of fused-ring (bicyclic) bond motifs is 1. The molecule has 23 heavy (non-hydrogen) atoms. The number of aromatic nitrogens is 2. The summed E-state index contributed by atoms with van der Waals surface area (Å²) in [6.07, 6.45) is 6.62. The zero-order valence-corrected chi connectivity index (χ0v) is 13.5. The van der Waals surface area contributed by atoms with Crippen LogP contribution in [0.5, 0.6) is 0 Å². The highest BCUT2D eigenvalue weighted by atomic mass is 15.1. The Kier molecular flexibility index (Phi) is 3.90. The van der Waals surface area contributed by atoms with Crippen LogP contribution in [0.25, 0.3) is 22.4 Å². The van der Waals surface area contributed by atoms with Crippen molar-refractivity contribution in [3.63, 3.8) is 0 Å². The van der Waals surface area contributed by atoms with E-state index in [1.54, 1.807) is 0 Å². The molecule has 1 heterocycles. The third-order valence-electron chi connectivity index (χ3n) is 5.15. The van der Waals surface area contributed by atoms with Gasteiger partial charge >= 0.3 is 0 Å². The number of hydrogen-bond donors (Lipinski definition) is 0. The molecule has 0 amide bonds. The Hall–Kier alpha value is -2.09. The molecule has 2 heteroatoms. The molecule has 1 fully saturated rings. The number of hydrogen-bond acceptors (Lipinski definition) is 1. The predicted molar refractivity (Wildman–Crippen MR) is 96.1 cm³/mol. The number of rotatable bonds is 3. The van der Waals surface area contributed by atoms with Crippen molar-refractivity contribution < 1.29 is 0 Å². The molecule has 1 atom stereocenters. The van der Waals surface area contributed by atoms with Crippen molar-refractivity contribution in [3.8, 4) is 11.4 Å². The highest BCUT2D eigenvalue weighted by Crippen LogP contribution is 2.37. The fraction of sp³-hybridized carbons (Fsp3) is 0.333. The van der Waals surface area contributed by atoms with E-state index in [4.69, 9.17) is 4.98 Å². The molecular formula is C21H23N2. The van der Waals surface area contributed by atoms with Crippen LogP contribution in [0.2, 0.25) is 0 Å². The van der Waals surface area contributed by atoms with Crippen molar-refractivity contribution in [1.29, 1.82) is 0 Å². The molecule has 1 unspecified atom stereocenters. The first-order chi connectivity index (χ1) is 11.3. The van der Waals surface area contributed by atoms with E-state index >= 15 is 0 Å². The Morgan fingerprint density at radius 3 is 2.39 bits per heavy atom. The maximum atomic E-state index is 4.92. The van der Waals surface area contributed by atoms with Gasteiger partial charge in [0.2, 0.25) is 0 Å². The molecule has 1 aliphatic rings. The SMILES string of the molecule is [CH2]C(C1CCCCC1)n1c(-c2ccccc2)nc2ccccc21. The lowest BCUT2D eigenvalue weighted by molar-refractivity contribution is 0.288. The molecule has 0 spiro atoms. The van der Waals surface area contributed by atoms with Crippen LogP contribution in [-0.2, 0) is 0 Å². The third kappa shape index (κ3) is 2.67. The lowest BCUT2D eigenvalue weighted by Gasteiger charge is -2.30. The number of nitrogens with zero attached hydrogens (tertiary/aromatic N) is 2. The molecule has 0 bridgehead atoms. The molecule has 2 aromatic carbocycles. The van der Waals surface area contributed by atoms with E-state index < -0.39 is 0 Å². The summed E-state index contributed by atoms with van der Waals surface area (Å²) in [4.78, 5) is 4.92. The second-order valence-corrected chi connectivity index (χ2v) is 6.63. The van der Waals surface area contributed by atoms with E-state index in [-0.39, 0.29) is 6.04 Å². The van der Waals surface area contributed by atoms with E-state index in [9.17, 15) is 0 Å². The molecule has 1 aliphatic carbocycles. The maximum absolute atomic E-state index is 4.92. The molecule has 2 nitrogen and oxygen atoms in total. The summed E-state index contributed by atoms with van der Waals surface area (Å²) in [5.74, 6) is 1.71.